The maximum Gasteiger partial charge on any atom is 0.191 e. The van der Waals surface area contributed by atoms with E-state index in [4.69, 9.17) is 0 Å². The molecule has 28 heavy (non-hydrogen) atoms. The highest BCUT2D eigenvalue weighted by atomic mass is 16.3. The Morgan fingerprint density at radius 1 is 1.11 bits per heavy atom. The van der Waals surface area contributed by atoms with Crippen molar-refractivity contribution in [3.05, 3.63) is 71.3 Å². The smallest absolute Gasteiger partial charge is 0.191 e. The average Bonchev–Trinajstić information content (AvgIpc) is 2.72. The summed E-state index contributed by atoms with van der Waals surface area (Å²) in [6.07, 6.45) is 0.568. The van der Waals surface area contributed by atoms with Crippen LogP contribution in [0.15, 0.2) is 59.6 Å². The molecule has 2 aromatic rings. The van der Waals surface area contributed by atoms with Crippen LogP contribution in [0.25, 0.3) is 0 Å². The fraction of sp³-hybridized carbons (Fsp3) is 0.435. The topological polar surface area (TPSA) is 59.9 Å². The van der Waals surface area contributed by atoms with Crippen LogP contribution in [0.1, 0.15) is 36.6 Å². The first kappa shape index (κ1) is 20.4. The lowest BCUT2D eigenvalue weighted by Gasteiger charge is -2.30. The Bertz CT molecular complexity index is 762. The van der Waals surface area contributed by atoms with Crippen molar-refractivity contribution in [3.63, 3.8) is 0 Å². The summed E-state index contributed by atoms with van der Waals surface area (Å²) in [6.45, 7) is 7.87. The minimum Gasteiger partial charge on any atom is -0.390 e. The summed E-state index contributed by atoms with van der Waals surface area (Å²) < 4.78 is 0. The molecule has 1 aliphatic heterocycles. The van der Waals surface area contributed by atoms with Gasteiger partial charge in [0, 0.05) is 26.2 Å². The molecule has 0 saturated heterocycles. The Hall–Kier alpha value is -2.37. The summed E-state index contributed by atoms with van der Waals surface area (Å²) in [5.74, 6) is 0.738. The van der Waals surface area contributed by atoms with Gasteiger partial charge in [-0.05, 0) is 37.0 Å². The number of benzene rings is 2. The zero-order valence-corrected chi connectivity index (χ0v) is 16.9. The quantitative estimate of drug-likeness (QED) is 0.511. The fourth-order valence-electron chi connectivity index (χ4n) is 3.61. The largest absolute Gasteiger partial charge is 0.390 e. The van der Waals surface area contributed by atoms with Crippen molar-refractivity contribution >= 4 is 5.96 Å². The Morgan fingerprint density at radius 2 is 1.82 bits per heavy atom. The molecule has 1 heterocycles. The Labute approximate surface area is 168 Å². The summed E-state index contributed by atoms with van der Waals surface area (Å²) in [4.78, 5) is 6.92. The number of aliphatic hydroxyl groups is 1. The summed E-state index contributed by atoms with van der Waals surface area (Å²) in [7, 11) is 0. The maximum atomic E-state index is 10.5. The van der Waals surface area contributed by atoms with Gasteiger partial charge in [-0.15, -0.1) is 0 Å². The van der Waals surface area contributed by atoms with Crippen molar-refractivity contribution in [2.75, 3.05) is 26.2 Å². The number of hydrogen-bond acceptors (Lipinski definition) is 3. The van der Waals surface area contributed by atoms with Crippen LogP contribution in [0, 0.1) is 0 Å². The third kappa shape index (κ3) is 5.81. The molecule has 2 atom stereocenters. The summed E-state index contributed by atoms with van der Waals surface area (Å²) in [5.41, 5.74) is 4.01. The second-order valence-electron chi connectivity index (χ2n) is 7.40. The molecule has 0 saturated carbocycles. The van der Waals surface area contributed by atoms with Crippen LogP contribution in [-0.2, 0) is 13.0 Å². The highest BCUT2D eigenvalue weighted by Crippen LogP contribution is 2.18. The first-order valence-electron chi connectivity index (χ1n) is 10.2. The number of rotatable bonds is 7. The van der Waals surface area contributed by atoms with Crippen molar-refractivity contribution in [1.82, 2.24) is 15.5 Å². The molecule has 0 aromatic heterocycles. The van der Waals surface area contributed by atoms with Crippen molar-refractivity contribution in [1.29, 1.82) is 0 Å². The van der Waals surface area contributed by atoms with Crippen LogP contribution < -0.4 is 10.6 Å². The molecule has 0 amide bonds. The Morgan fingerprint density at radius 3 is 2.57 bits per heavy atom. The molecule has 0 fully saturated rings. The van der Waals surface area contributed by atoms with Crippen molar-refractivity contribution < 1.29 is 5.11 Å². The van der Waals surface area contributed by atoms with E-state index in [1.807, 2.05) is 25.1 Å². The first-order chi connectivity index (χ1) is 13.7. The minimum absolute atomic E-state index is 0.148. The molecule has 0 spiro atoms. The van der Waals surface area contributed by atoms with Crippen LogP contribution in [0.5, 0.6) is 0 Å². The molecule has 3 rings (SSSR count). The predicted molar refractivity (Wildman–Crippen MR) is 115 cm³/mol. The van der Waals surface area contributed by atoms with Gasteiger partial charge in [-0.1, -0.05) is 54.6 Å². The Balaban J connectivity index is 1.52. The van der Waals surface area contributed by atoms with Gasteiger partial charge in [-0.3, -0.25) is 9.89 Å². The summed E-state index contributed by atoms with van der Waals surface area (Å²) in [6, 6.07) is 19.0. The van der Waals surface area contributed by atoms with Crippen LogP contribution >= 0.6 is 0 Å². The molecule has 5 heteroatoms. The van der Waals surface area contributed by atoms with E-state index >= 15 is 0 Å². The van der Waals surface area contributed by atoms with E-state index in [1.165, 1.54) is 16.7 Å². The summed E-state index contributed by atoms with van der Waals surface area (Å²) in [5, 5.41) is 17.2. The van der Waals surface area contributed by atoms with Crippen LogP contribution in [0.4, 0.5) is 0 Å². The first-order valence-corrected chi connectivity index (χ1v) is 10.2. The molecular formula is C23H32N4O. The molecule has 0 bridgehead atoms. The van der Waals surface area contributed by atoms with E-state index in [2.05, 4.69) is 63.8 Å². The number of guanidine groups is 1. The van der Waals surface area contributed by atoms with Gasteiger partial charge >= 0.3 is 0 Å². The lowest BCUT2D eigenvalue weighted by atomic mass is 10.00. The standard InChI is InChI=1S/C23H32N4O/c1-3-24-23(26-18(2)19-9-5-4-6-10-19)25-15-22(28)17-27-14-13-20-11-7-8-12-21(20)16-27/h4-12,18,22,28H,3,13-17H2,1-2H3,(H2,24,25,26). The van der Waals surface area contributed by atoms with Crippen LogP contribution in [0.2, 0.25) is 0 Å². The summed E-state index contributed by atoms with van der Waals surface area (Å²) >= 11 is 0. The third-order valence-electron chi connectivity index (χ3n) is 5.14. The van der Waals surface area contributed by atoms with E-state index in [9.17, 15) is 5.11 Å². The normalized spacial score (nSPS) is 16.9. The molecule has 0 radical (unpaired) electrons. The number of fused-ring (bicyclic) bond motifs is 1. The molecule has 5 nitrogen and oxygen atoms in total. The van der Waals surface area contributed by atoms with Crippen LogP contribution in [-0.4, -0.2) is 48.2 Å². The molecule has 3 N–H and O–H groups in total. The van der Waals surface area contributed by atoms with Gasteiger partial charge < -0.3 is 15.7 Å². The molecule has 0 aliphatic carbocycles. The average molecular weight is 381 g/mol. The molecule has 150 valence electrons. The number of β-amino-alcohol motifs (C(OH)–C–C–N with tert-alkyl or cyclic N) is 1. The van der Waals surface area contributed by atoms with E-state index in [-0.39, 0.29) is 6.04 Å². The number of nitrogens with one attached hydrogen (secondary N) is 2. The van der Waals surface area contributed by atoms with Crippen LogP contribution in [0.3, 0.4) is 0 Å². The second-order valence-corrected chi connectivity index (χ2v) is 7.40. The van der Waals surface area contributed by atoms with E-state index in [0.717, 1.165) is 32.0 Å². The molecule has 2 aromatic carbocycles. The van der Waals surface area contributed by atoms with E-state index in [0.29, 0.717) is 13.1 Å². The molecular weight excluding hydrogens is 348 g/mol. The number of aliphatic imine (C=N–C) groups is 1. The van der Waals surface area contributed by atoms with E-state index in [1.54, 1.807) is 0 Å². The number of hydrogen-bond donors (Lipinski definition) is 3. The highest BCUT2D eigenvalue weighted by Gasteiger charge is 2.18. The lowest BCUT2D eigenvalue weighted by molar-refractivity contribution is 0.111. The zero-order chi connectivity index (χ0) is 19.8. The van der Waals surface area contributed by atoms with Gasteiger partial charge in [-0.25, -0.2) is 0 Å². The number of nitrogens with zero attached hydrogens (tertiary/aromatic N) is 2. The third-order valence-corrected chi connectivity index (χ3v) is 5.14. The van der Waals surface area contributed by atoms with Crippen molar-refractivity contribution in [2.24, 2.45) is 4.99 Å². The predicted octanol–water partition coefficient (Wildman–Crippen LogP) is 2.72. The minimum atomic E-state index is -0.479. The lowest BCUT2D eigenvalue weighted by Crippen LogP contribution is -2.41. The maximum absolute atomic E-state index is 10.5. The molecule has 1 aliphatic rings. The van der Waals surface area contributed by atoms with Gasteiger partial charge in [0.25, 0.3) is 0 Å². The number of aliphatic hydroxyl groups excluding tert-OH is 1. The second kappa shape index (κ2) is 10.2. The fourth-order valence-corrected chi connectivity index (χ4v) is 3.61. The van der Waals surface area contributed by atoms with Crippen molar-refractivity contribution in [2.45, 2.75) is 39.0 Å². The van der Waals surface area contributed by atoms with E-state index < -0.39 is 6.10 Å². The highest BCUT2D eigenvalue weighted by molar-refractivity contribution is 5.80. The van der Waals surface area contributed by atoms with Gasteiger partial charge in [0.2, 0.25) is 0 Å². The Kier molecular flexibility index (Phi) is 7.46. The molecule has 2 unspecified atom stereocenters. The van der Waals surface area contributed by atoms with Gasteiger partial charge in [0.05, 0.1) is 18.7 Å². The van der Waals surface area contributed by atoms with Gasteiger partial charge in [-0.2, -0.15) is 0 Å². The van der Waals surface area contributed by atoms with Gasteiger partial charge in [0.1, 0.15) is 0 Å². The van der Waals surface area contributed by atoms with Crippen molar-refractivity contribution in [3.8, 4) is 0 Å². The van der Waals surface area contributed by atoms with Gasteiger partial charge in [0.15, 0.2) is 5.96 Å². The monoisotopic (exact) mass is 380 g/mol. The SMILES string of the molecule is CCNC(=NCC(O)CN1CCc2ccccc2C1)NC(C)c1ccccc1. The zero-order valence-electron chi connectivity index (χ0n) is 16.9.